The van der Waals surface area contributed by atoms with E-state index in [-0.39, 0.29) is 11.9 Å². The fourth-order valence-corrected chi connectivity index (χ4v) is 1.75. The van der Waals surface area contributed by atoms with Gasteiger partial charge in [0, 0.05) is 18.7 Å². The average Bonchev–Trinajstić information content (AvgIpc) is 2.44. The predicted octanol–water partition coefficient (Wildman–Crippen LogP) is 2.02. The molecule has 1 aromatic rings. The Kier molecular flexibility index (Phi) is 5.83. The Balaban J connectivity index is 2.92. The zero-order chi connectivity index (χ0) is 15.1. The topological polar surface area (TPSA) is 76.7 Å². The lowest BCUT2D eigenvalue weighted by molar-refractivity contribution is -0.141. The quantitative estimate of drug-likeness (QED) is 0.780. The van der Waals surface area contributed by atoms with E-state index in [2.05, 4.69) is 10.6 Å². The van der Waals surface area contributed by atoms with Crippen molar-refractivity contribution in [3.63, 3.8) is 0 Å². The highest BCUT2D eigenvalue weighted by Crippen LogP contribution is 2.28. The molecule has 20 heavy (non-hydrogen) atoms. The van der Waals surface area contributed by atoms with Crippen molar-refractivity contribution in [2.75, 3.05) is 24.9 Å². The van der Waals surface area contributed by atoms with Gasteiger partial charge in [0.1, 0.15) is 11.8 Å². The summed E-state index contributed by atoms with van der Waals surface area (Å²) in [6.07, 6.45) is 0.600. The van der Waals surface area contributed by atoms with E-state index in [1.807, 2.05) is 6.92 Å². The van der Waals surface area contributed by atoms with Crippen LogP contribution in [0.25, 0.3) is 0 Å². The number of esters is 1. The summed E-state index contributed by atoms with van der Waals surface area (Å²) in [6, 6.07) is 4.78. The first kappa shape index (κ1) is 15.8. The number of anilines is 2. The van der Waals surface area contributed by atoms with Crippen LogP contribution in [0.4, 0.5) is 11.4 Å². The Morgan fingerprint density at radius 1 is 1.30 bits per heavy atom. The largest absolute Gasteiger partial charge is 0.494 e. The fourth-order valence-electron chi connectivity index (χ4n) is 1.75. The number of methoxy groups -OCH3 is 2. The number of carbonyl (C=O) groups excluding carboxylic acids is 2. The molecule has 0 saturated heterocycles. The molecule has 0 radical (unpaired) electrons. The Morgan fingerprint density at radius 3 is 2.50 bits per heavy atom. The summed E-state index contributed by atoms with van der Waals surface area (Å²) in [4.78, 5) is 22.6. The van der Waals surface area contributed by atoms with Crippen LogP contribution in [0, 0.1) is 0 Å². The minimum absolute atomic E-state index is 0.176. The maximum atomic E-state index is 11.5. The number of nitrogens with one attached hydrogen (secondary N) is 2. The highest BCUT2D eigenvalue weighted by atomic mass is 16.5. The van der Waals surface area contributed by atoms with Gasteiger partial charge in [0.05, 0.1) is 19.9 Å². The molecule has 1 aromatic carbocycles. The summed E-state index contributed by atoms with van der Waals surface area (Å²) < 4.78 is 9.94. The number of amides is 1. The molecule has 1 rings (SSSR count). The van der Waals surface area contributed by atoms with Gasteiger partial charge in [0.15, 0.2) is 0 Å². The zero-order valence-electron chi connectivity index (χ0n) is 12.1. The fraction of sp³-hybridized carbons (Fsp3) is 0.429. The molecule has 0 saturated carbocycles. The van der Waals surface area contributed by atoms with E-state index in [9.17, 15) is 9.59 Å². The maximum absolute atomic E-state index is 11.5. The first-order valence-electron chi connectivity index (χ1n) is 6.31. The van der Waals surface area contributed by atoms with Gasteiger partial charge in [0.25, 0.3) is 0 Å². The molecule has 0 heterocycles. The Hall–Kier alpha value is -2.24. The second kappa shape index (κ2) is 7.37. The molecule has 1 unspecified atom stereocenters. The van der Waals surface area contributed by atoms with Crippen LogP contribution >= 0.6 is 0 Å². The Morgan fingerprint density at radius 2 is 2.00 bits per heavy atom. The predicted molar refractivity (Wildman–Crippen MR) is 77.0 cm³/mol. The summed E-state index contributed by atoms with van der Waals surface area (Å²) in [5, 5.41) is 5.74. The van der Waals surface area contributed by atoms with Gasteiger partial charge >= 0.3 is 5.97 Å². The van der Waals surface area contributed by atoms with Gasteiger partial charge in [-0.1, -0.05) is 6.92 Å². The second-order valence-corrected chi connectivity index (χ2v) is 4.22. The number of ether oxygens (including phenoxy) is 2. The van der Waals surface area contributed by atoms with Gasteiger partial charge < -0.3 is 20.1 Å². The van der Waals surface area contributed by atoms with Gasteiger partial charge in [0.2, 0.25) is 5.91 Å². The second-order valence-electron chi connectivity index (χ2n) is 4.22. The van der Waals surface area contributed by atoms with E-state index < -0.39 is 6.04 Å². The third-order valence-electron chi connectivity index (χ3n) is 2.75. The van der Waals surface area contributed by atoms with Crippen molar-refractivity contribution in [1.29, 1.82) is 0 Å². The van der Waals surface area contributed by atoms with E-state index in [0.29, 0.717) is 23.5 Å². The third kappa shape index (κ3) is 4.15. The number of benzene rings is 1. The summed E-state index contributed by atoms with van der Waals surface area (Å²) in [5.74, 6) is 0.0207. The van der Waals surface area contributed by atoms with E-state index in [1.54, 1.807) is 18.2 Å². The summed E-state index contributed by atoms with van der Waals surface area (Å²) in [7, 11) is 2.87. The molecule has 6 heteroatoms. The molecule has 110 valence electrons. The normalized spacial score (nSPS) is 11.4. The number of hydrogen-bond acceptors (Lipinski definition) is 5. The van der Waals surface area contributed by atoms with Crippen molar-refractivity contribution < 1.29 is 19.1 Å². The Bertz CT molecular complexity index is 488. The summed E-state index contributed by atoms with van der Waals surface area (Å²) in [5.41, 5.74) is 1.30. The van der Waals surface area contributed by atoms with E-state index in [0.717, 1.165) is 0 Å². The number of carbonyl (C=O) groups is 2. The zero-order valence-corrected chi connectivity index (χ0v) is 12.1. The van der Waals surface area contributed by atoms with Gasteiger partial charge in [-0.05, 0) is 18.6 Å². The first-order valence-corrected chi connectivity index (χ1v) is 6.31. The molecule has 0 spiro atoms. The molecular formula is C14H20N2O4. The highest BCUT2D eigenvalue weighted by Gasteiger charge is 2.17. The number of hydrogen-bond donors (Lipinski definition) is 2. The van der Waals surface area contributed by atoms with Crippen molar-refractivity contribution in [2.45, 2.75) is 26.3 Å². The average molecular weight is 280 g/mol. The van der Waals surface area contributed by atoms with Crippen LogP contribution in [0.1, 0.15) is 20.3 Å². The van der Waals surface area contributed by atoms with E-state index in [1.165, 1.54) is 21.1 Å². The molecule has 6 nitrogen and oxygen atoms in total. The smallest absolute Gasteiger partial charge is 0.328 e. The molecule has 0 bridgehead atoms. The molecule has 2 N–H and O–H groups in total. The lowest BCUT2D eigenvalue weighted by atomic mass is 10.2. The molecule has 0 aliphatic rings. The van der Waals surface area contributed by atoms with Crippen LogP contribution in [-0.4, -0.2) is 32.1 Å². The molecule has 0 aliphatic carbocycles. The first-order chi connectivity index (χ1) is 9.51. The van der Waals surface area contributed by atoms with Gasteiger partial charge in [-0.2, -0.15) is 0 Å². The van der Waals surface area contributed by atoms with Crippen LogP contribution in [0.5, 0.6) is 5.75 Å². The number of rotatable bonds is 6. The van der Waals surface area contributed by atoms with Crippen LogP contribution in [0.2, 0.25) is 0 Å². The monoisotopic (exact) mass is 280 g/mol. The SMILES string of the molecule is CCC(Nc1ccc(NC(C)=O)c(OC)c1)C(=O)OC. The van der Waals surface area contributed by atoms with Gasteiger partial charge in [-0.15, -0.1) is 0 Å². The van der Waals surface area contributed by atoms with Crippen molar-refractivity contribution in [2.24, 2.45) is 0 Å². The molecule has 1 atom stereocenters. The lowest BCUT2D eigenvalue weighted by Crippen LogP contribution is -2.29. The maximum Gasteiger partial charge on any atom is 0.328 e. The summed E-state index contributed by atoms with van der Waals surface area (Å²) in [6.45, 7) is 3.31. The minimum atomic E-state index is -0.420. The minimum Gasteiger partial charge on any atom is -0.494 e. The van der Waals surface area contributed by atoms with Gasteiger partial charge in [-0.25, -0.2) is 4.79 Å². The van der Waals surface area contributed by atoms with Crippen LogP contribution < -0.4 is 15.4 Å². The third-order valence-corrected chi connectivity index (χ3v) is 2.75. The van der Waals surface area contributed by atoms with Crippen molar-refractivity contribution in [3.8, 4) is 5.75 Å². The van der Waals surface area contributed by atoms with Crippen LogP contribution in [0.15, 0.2) is 18.2 Å². The van der Waals surface area contributed by atoms with Crippen LogP contribution in [0.3, 0.4) is 0 Å². The summed E-state index contributed by atoms with van der Waals surface area (Å²) >= 11 is 0. The van der Waals surface area contributed by atoms with E-state index >= 15 is 0 Å². The van der Waals surface area contributed by atoms with Crippen LogP contribution in [-0.2, 0) is 14.3 Å². The van der Waals surface area contributed by atoms with Crippen molar-refractivity contribution >= 4 is 23.3 Å². The van der Waals surface area contributed by atoms with Crippen molar-refractivity contribution in [3.05, 3.63) is 18.2 Å². The van der Waals surface area contributed by atoms with E-state index in [4.69, 9.17) is 9.47 Å². The molecule has 0 fully saturated rings. The van der Waals surface area contributed by atoms with Gasteiger partial charge in [-0.3, -0.25) is 4.79 Å². The lowest BCUT2D eigenvalue weighted by Gasteiger charge is -2.17. The van der Waals surface area contributed by atoms with Crippen molar-refractivity contribution in [1.82, 2.24) is 0 Å². The standard InChI is InChI=1S/C14H20N2O4/c1-5-11(14(18)20-4)16-10-6-7-12(15-9(2)17)13(8-10)19-3/h6-8,11,16H,5H2,1-4H3,(H,15,17). The molecule has 1 amide bonds. The molecular weight excluding hydrogens is 260 g/mol. The Labute approximate surface area is 118 Å². The highest BCUT2D eigenvalue weighted by molar-refractivity contribution is 5.91. The molecule has 0 aliphatic heterocycles. The molecule has 0 aromatic heterocycles.